The van der Waals surface area contributed by atoms with Crippen molar-refractivity contribution in [3.05, 3.63) is 17.3 Å². The maximum absolute atomic E-state index is 13.1. The lowest BCUT2D eigenvalue weighted by Crippen LogP contribution is -2.36. The molecule has 0 aromatic carbocycles. The van der Waals surface area contributed by atoms with E-state index in [1.807, 2.05) is 18.5 Å². The van der Waals surface area contributed by atoms with E-state index >= 15 is 0 Å². The smallest absolute Gasteiger partial charge is 0.250 e. The first-order valence-corrected chi connectivity index (χ1v) is 9.78. The molecule has 0 amide bonds. The van der Waals surface area contributed by atoms with Gasteiger partial charge in [0.05, 0.1) is 5.56 Å². The lowest BCUT2D eigenvalue weighted by Gasteiger charge is -2.22. The predicted octanol–water partition coefficient (Wildman–Crippen LogP) is 2.61. The van der Waals surface area contributed by atoms with Gasteiger partial charge in [0.15, 0.2) is 0 Å². The molecule has 1 N–H and O–H groups in total. The minimum atomic E-state index is -3.66. The second kappa shape index (κ2) is 6.33. The first kappa shape index (κ1) is 17.2. The molecule has 0 saturated heterocycles. The fraction of sp³-hybridized carbons (Fsp3) is 0.625. The van der Waals surface area contributed by atoms with Crippen LogP contribution >= 0.6 is 0 Å². The predicted molar refractivity (Wildman–Crippen MR) is 90.1 cm³/mol. The van der Waals surface area contributed by atoms with Gasteiger partial charge in [0.1, 0.15) is 4.90 Å². The average molecular weight is 352 g/mol. The van der Waals surface area contributed by atoms with Crippen molar-refractivity contribution in [3.63, 3.8) is 0 Å². The minimum absolute atomic E-state index is 0.000864. The fourth-order valence-corrected chi connectivity index (χ4v) is 5.22. The van der Waals surface area contributed by atoms with Gasteiger partial charge >= 0.3 is 0 Å². The van der Waals surface area contributed by atoms with Crippen molar-refractivity contribution in [1.82, 2.24) is 19.5 Å². The zero-order valence-corrected chi connectivity index (χ0v) is 15.4. The number of hydrogen-bond acceptors (Lipinski definition) is 5. The van der Waals surface area contributed by atoms with Crippen molar-refractivity contribution in [3.8, 4) is 11.5 Å². The monoisotopic (exact) mass is 352 g/mol. The van der Waals surface area contributed by atoms with Gasteiger partial charge in [-0.25, -0.2) is 13.1 Å². The third kappa shape index (κ3) is 3.00. The summed E-state index contributed by atoms with van der Waals surface area (Å²) in [4.78, 5) is 0.247. The number of rotatable bonds is 4. The largest absolute Gasteiger partial charge is 0.421 e. The summed E-state index contributed by atoms with van der Waals surface area (Å²) in [6.45, 7) is 5.35. The van der Waals surface area contributed by atoms with E-state index in [-0.39, 0.29) is 16.8 Å². The maximum Gasteiger partial charge on any atom is 0.250 e. The number of aryl methyl sites for hydroxylation is 1. The Balaban J connectivity index is 2.07. The SMILES string of the molecule is Cc1nnc(-c2c(S(=O)(=O)NC3CCCCC3)c(C)n(C)c2C)o1. The summed E-state index contributed by atoms with van der Waals surface area (Å²) in [7, 11) is -1.82. The van der Waals surface area contributed by atoms with Gasteiger partial charge in [-0.3, -0.25) is 0 Å². The Morgan fingerprint density at radius 2 is 1.75 bits per heavy atom. The Morgan fingerprint density at radius 1 is 1.08 bits per heavy atom. The van der Waals surface area contributed by atoms with Gasteiger partial charge in [0, 0.05) is 31.4 Å². The molecule has 0 radical (unpaired) electrons. The van der Waals surface area contributed by atoms with Gasteiger partial charge in [-0.2, -0.15) is 0 Å². The third-order valence-electron chi connectivity index (χ3n) is 4.86. The van der Waals surface area contributed by atoms with E-state index in [0.717, 1.165) is 31.4 Å². The highest BCUT2D eigenvalue weighted by Gasteiger charge is 2.32. The summed E-state index contributed by atoms with van der Waals surface area (Å²) in [5, 5.41) is 7.87. The van der Waals surface area contributed by atoms with Crippen LogP contribution in [0.25, 0.3) is 11.5 Å². The molecule has 7 nitrogen and oxygen atoms in total. The van der Waals surface area contributed by atoms with E-state index in [1.54, 1.807) is 13.8 Å². The summed E-state index contributed by atoms with van der Waals surface area (Å²) in [6.07, 6.45) is 5.08. The number of aromatic nitrogens is 3. The van der Waals surface area contributed by atoms with Gasteiger partial charge in [-0.15, -0.1) is 10.2 Å². The zero-order chi connectivity index (χ0) is 17.5. The van der Waals surface area contributed by atoms with Crippen molar-refractivity contribution in [2.24, 2.45) is 7.05 Å². The van der Waals surface area contributed by atoms with Crippen molar-refractivity contribution >= 4 is 10.0 Å². The van der Waals surface area contributed by atoms with Crippen LogP contribution in [0.3, 0.4) is 0 Å². The molecule has 1 saturated carbocycles. The Labute approximate surface area is 142 Å². The molecular weight excluding hydrogens is 328 g/mol. The van der Waals surface area contributed by atoms with E-state index in [2.05, 4.69) is 14.9 Å². The van der Waals surface area contributed by atoms with Crippen molar-refractivity contribution in [2.75, 3.05) is 0 Å². The first-order chi connectivity index (χ1) is 11.3. The molecule has 0 unspecified atom stereocenters. The van der Waals surface area contributed by atoms with Gasteiger partial charge in [0.25, 0.3) is 5.89 Å². The summed E-state index contributed by atoms with van der Waals surface area (Å²) in [5.74, 6) is 0.659. The van der Waals surface area contributed by atoms with Crippen LogP contribution in [0.1, 0.15) is 49.4 Å². The fourth-order valence-electron chi connectivity index (χ4n) is 3.39. The molecule has 2 aromatic rings. The standard InChI is InChI=1S/C16H24N4O3S/c1-10-14(16-18-17-12(3)23-16)15(11(2)20(10)4)24(21,22)19-13-8-6-5-7-9-13/h13,19H,5-9H2,1-4H3. The highest BCUT2D eigenvalue weighted by atomic mass is 32.2. The highest BCUT2D eigenvalue weighted by molar-refractivity contribution is 7.89. The third-order valence-corrected chi connectivity index (χ3v) is 6.54. The van der Waals surface area contributed by atoms with E-state index in [9.17, 15) is 8.42 Å². The lowest BCUT2D eigenvalue weighted by molar-refractivity contribution is 0.412. The van der Waals surface area contributed by atoms with Crippen LogP contribution in [0, 0.1) is 20.8 Å². The molecule has 1 aliphatic rings. The molecular formula is C16H24N4O3S. The van der Waals surface area contributed by atoms with E-state index in [0.29, 0.717) is 17.1 Å². The van der Waals surface area contributed by atoms with Crippen LogP contribution in [-0.4, -0.2) is 29.2 Å². The lowest BCUT2D eigenvalue weighted by atomic mass is 9.96. The number of nitrogens with zero attached hydrogens (tertiary/aromatic N) is 3. The molecule has 0 atom stereocenters. The van der Waals surface area contributed by atoms with Crippen LogP contribution in [0.2, 0.25) is 0 Å². The van der Waals surface area contributed by atoms with Gasteiger partial charge in [0.2, 0.25) is 15.9 Å². The molecule has 0 bridgehead atoms. The Morgan fingerprint density at radius 3 is 2.33 bits per heavy atom. The molecule has 2 aromatic heterocycles. The van der Waals surface area contributed by atoms with Crippen molar-refractivity contribution < 1.29 is 12.8 Å². The Kier molecular flexibility index (Phi) is 4.52. The van der Waals surface area contributed by atoms with Crippen LogP contribution < -0.4 is 4.72 Å². The minimum Gasteiger partial charge on any atom is -0.421 e. The summed E-state index contributed by atoms with van der Waals surface area (Å²) in [6, 6.07) is 0.000864. The van der Waals surface area contributed by atoms with Crippen LogP contribution in [0.4, 0.5) is 0 Å². The van der Waals surface area contributed by atoms with Crippen LogP contribution in [-0.2, 0) is 17.1 Å². The number of nitrogens with one attached hydrogen (secondary N) is 1. The van der Waals surface area contributed by atoms with Gasteiger partial charge in [-0.05, 0) is 26.7 Å². The topological polar surface area (TPSA) is 90.0 Å². The van der Waals surface area contributed by atoms with Crippen molar-refractivity contribution in [2.45, 2.75) is 63.8 Å². The van der Waals surface area contributed by atoms with E-state index < -0.39 is 10.0 Å². The molecule has 3 rings (SSSR count). The van der Waals surface area contributed by atoms with Gasteiger partial charge in [-0.1, -0.05) is 19.3 Å². The molecule has 132 valence electrons. The van der Waals surface area contributed by atoms with Gasteiger partial charge < -0.3 is 8.98 Å². The molecule has 0 spiro atoms. The molecule has 8 heteroatoms. The van der Waals surface area contributed by atoms with Crippen LogP contribution in [0.15, 0.2) is 9.31 Å². The highest BCUT2D eigenvalue weighted by Crippen LogP contribution is 2.34. The molecule has 0 aliphatic heterocycles. The molecule has 1 aliphatic carbocycles. The number of sulfonamides is 1. The molecule has 1 fully saturated rings. The normalized spacial score (nSPS) is 16.7. The Hall–Kier alpha value is -1.67. The second-order valence-electron chi connectivity index (χ2n) is 6.52. The summed E-state index contributed by atoms with van der Waals surface area (Å²) < 4.78 is 36.4. The summed E-state index contributed by atoms with van der Waals surface area (Å²) in [5.41, 5.74) is 1.96. The number of hydrogen-bond donors (Lipinski definition) is 1. The quantitative estimate of drug-likeness (QED) is 0.913. The Bertz CT molecular complexity index is 845. The zero-order valence-electron chi connectivity index (χ0n) is 14.6. The van der Waals surface area contributed by atoms with Crippen molar-refractivity contribution in [1.29, 1.82) is 0 Å². The first-order valence-electron chi connectivity index (χ1n) is 8.30. The summed E-state index contributed by atoms with van der Waals surface area (Å²) >= 11 is 0. The average Bonchev–Trinajstić information content (AvgIpc) is 3.05. The van der Waals surface area contributed by atoms with E-state index in [1.165, 1.54) is 6.42 Å². The maximum atomic E-state index is 13.1. The van der Waals surface area contributed by atoms with Crippen LogP contribution in [0.5, 0.6) is 0 Å². The molecule has 2 heterocycles. The molecule has 24 heavy (non-hydrogen) atoms. The second-order valence-corrected chi connectivity index (χ2v) is 8.17. The van der Waals surface area contributed by atoms with E-state index in [4.69, 9.17) is 4.42 Å².